The average Bonchev–Trinajstić information content (AvgIpc) is 3.03. The van der Waals surface area contributed by atoms with E-state index in [0.29, 0.717) is 37.9 Å². The molecule has 0 rings (SSSR count). The van der Waals surface area contributed by atoms with Crippen LogP contribution in [0.4, 0.5) is 0 Å². The Morgan fingerprint density at radius 1 is 0.489 bits per heavy atom. The largest absolute Gasteiger partial charge is 0.466 e. The highest BCUT2D eigenvalue weighted by molar-refractivity contribution is 5.69. The number of ether oxygens (including phenoxy) is 2. The third-order valence-electron chi connectivity index (χ3n) is 9.29. The van der Waals surface area contributed by atoms with E-state index in [0.717, 1.165) is 71.1 Å². The summed E-state index contributed by atoms with van der Waals surface area (Å²) in [6, 6.07) is 0. The second-order valence-electron chi connectivity index (χ2n) is 13.6. The van der Waals surface area contributed by atoms with E-state index in [1.165, 1.54) is 103 Å². The first-order valence-corrected chi connectivity index (χ1v) is 19.7. The normalized spacial score (nSPS) is 11.6. The van der Waals surface area contributed by atoms with E-state index >= 15 is 0 Å². The van der Waals surface area contributed by atoms with Crippen molar-refractivity contribution in [3.05, 3.63) is 0 Å². The molecule has 0 atom stereocenters. The summed E-state index contributed by atoms with van der Waals surface area (Å²) in [5.41, 5.74) is 5.80. The number of rotatable bonds is 35. The molecular weight excluding hydrogens is 560 g/mol. The summed E-state index contributed by atoms with van der Waals surface area (Å²) < 4.78 is 11.1. The standard InChI is InChI=1S/C39H78N2O4/c1-5-9-24-37(25-10-6-2)29-35-45-39(43)27-18-14-12-16-20-32-41(33-21-30-40)31-19-15-11-13-17-26-38(42)44-34-28-36(22-7-3)23-8-4/h36-37H,5-35,40H2,1-4H3. The summed E-state index contributed by atoms with van der Waals surface area (Å²) in [7, 11) is 0. The molecule has 0 aromatic carbocycles. The van der Waals surface area contributed by atoms with Gasteiger partial charge in [0.1, 0.15) is 0 Å². The van der Waals surface area contributed by atoms with Crippen molar-refractivity contribution in [2.24, 2.45) is 17.6 Å². The highest BCUT2D eigenvalue weighted by atomic mass is 16.5. The summed E-state index contributed by atoms with van der Waals surface area (Å²) >= 11 is 0. The lowest BCUT2D eigenvalue weighted by Crippen LogP contribution is -2.28. The van der Waals surface area contributed by atoms with E-state index in [4.69, 9.17) is 15.2 Å². The lowest BCUT2D eigenvalue weighted by atomic mass is 9.93. The van der Waals surface area contributed by atoms with E-state index in [2.05, 4.69) is 32.6 Å². The van der Waals surface area contributed by atoms with E-state index < -0.39 is 0 Å². The minimum absolute atomic E-state index is 0.00840. The van der Waals surface area contributed by atoms with Gasteiger partial charge in [0.05, 0.1) is 13.2 Å². The molecule has 0 aliphatic carbocycles. The number of carbonyl (C=O) groups excluding carboxylic acids is 2. The molecule has 0 heterocycles. The van der Waals surface area contributed by atoms with Crippen molar-refractivity contribution < 1.29 is 19.1 Å². The van der Waals surface area contributed by atoms with Gasteiger partial charge >= 0.3 is 11.9 Å². The van der Waals surface area contributed by atoms with Crippen LogP contribution in [0, 0.1) is 11.8 Å². The monoisotopic (exact) mass is 639 g/mol. The molecule has 0 aromatic heterocycles. The number of nitrogens with zero attached hydrogens (tertiary/aromatic N) is 1. The first-order chi connectivity index (χ1) is 22.0. The predicted molar refractivity (Wildman–Crippen MR) is 193 cm³/mol. The van der Waals surface area contributed by atoms with Gasteiger partial charge in [0.15, 0.2) is 0 Å². The van der Waals surface area contributed by atoms with Crippen LogP contribution in [0.3, 0.4) is 0 Å². The number of unbranched alkanes of at least 4 members (excludes halogenated alkanes) is 10. The van der Waals surface area contributed by atoms with Crippen molar-refractivity contribution in [2.45, 2.75) is 188 Å². The van der Waals surface area contributed by atoms with Gasteiger partial charge in [0, 0.05) is 12.8 Å². The smallest absolute Gasteiger partial charge is 0.305 e. The Balaban J connectivity index is 3.87. The Morgan fingerprint density at radius 3 is 1.31 bits per heavy atom. The molecule has 0 amide bonds. The van der Waals surface area contributed by atoms with Gasteiger partial charge in [-0.3, -0.25) is 9.59 Å². The van der Waals surface area contributed by atoms with Gasteiger partial charge in [-0.05, 0) is 83.0 Å². The molecule has 268 valence electrons. The molecule has 0 aliphatic rings. The van der Waals surface area contributed by atoms with E-state index in [9.17, 15) is 9.59 Å². The van der Waals surface area contributed by atoms with E-state index in [-0.39, 0.29) is 11.9 Å². The van der Waals surface area contributed by atoms with Gasteiger partial charge in [-0.15, -0.1) is 0 Å². The van der Waals surface area contributed by atoms with Crippen molar-refractivity contribution >= 4 is 11.9 Å². The number of carbonyl (C=O) groups is 2. The van der Waals surface area contributed by atoms with Crippen LogP contribution in [0.2, 0.25) is 0 Å². The maximum Gasteiger partial charge on any atom is 0.305 e. The second-order valence-corrected chi connectivity index (χ2v) is 13.6. The van der Waals surface area contributed by atoms with Crippen LogP contribution in [-0.4, -0.2) is 56.2 Å². The first kappa shape index (κ1) is 43.9. The molecule has 0 fully saturated rings. The minimum atomic E-state index is -0.0151. The van der Waals surface area contributed by atoms with Crippen LogP contribution in [-0.2, 0) is 19.1 Å². The van der Waals surface area contributed by atoms with Gasteiger partial charge in [0.2, 0.25) is 0 Å². The molecule has 0 aromatic rings. The summed E-state index contributed by atoms with van der Waals surface area (Å²) in [5.74, 6) is 1.40. The van der Waals surface area contributed by atoms with Crippen LogP contribution in [0.25, 0.3) is 0 Å². The average molecular weight is 639 g/mol. The Kier molecular flexibility index (Phi) is 33.3. The summed E-state index contributed by atoms with van der Waals surface area (Å²) in [6.07, 6.45) is 28.1. The quantitative estimate of drug-likeness (QED) is 0.0549. The van der Waals surface area contributed by atoms with Crippen molar-refractivity contribution in [1.82, 2.24) is 4.90 Å². The van der Waals surface area contributed by atoms with Crippen molar-refractivity contribution in [1.29, 1.82) is 0 Å². The lowest BCUT2D eigenvalue weighted by molar-refractivity contribution is -0.145. The number of nitrogens with two attached hydrogens (primary N) is 1. The third-order valence-corrected chi connectivity index (χ3v) is 9.29. The zero-order chi connectivity index (χ0) is 33.2. The zero-order valence-corrected chi connectivity index (χ0v) is 30.7. The summed E-state index contributed by atoms with van der Waals surface area (Å²) in [5, 5.41) is 0. The Hall–Kier alpha value is -1.14. The Bertz CT molecular complexity index is 631. The number of esters is 2. The van der Waals surface area contributed by atoms with Gasteiger partial charge in [-0.2, -0.15) is 0 Å². The molecule has 2 N–H and O–H groups in total. The maximum absolute atomic E-state index is 12.2. The molecule has 0 radical (unpaired) electrons. The van der Waals surface area contributed by atoms with Crippen LogP contribution in [0.5, 0.6) is 0 Å². The number of hydrogen-bond donors (Lipinski definition) is 1. The third kappa shape index (κ3) is 30.0. The topological polar surface area (TPSA) is 81.9 Å². The minimum Gasteiger partial charge on any atom is -0.466 e. The van der Waals surface area contributed by atoms with Crippen molar-refractivity contribution in [2.75, 3.05) is 39.4 Å². The van der Waals surface area contributed by atoms with Gasteiger partial charge in [0.25, 0.3) is 0 Å². The Morgan fingerprint density at radius 2 is 0.889 bits per heavy atom. The molecule has 0 spiro atoms. The lowest BCUT2D eigenvalue weighted by Gasteiger charge is -2.22. The molecule has 0 unspecified atom stereocenters. The molecule has 0 saturated carbocycles. The highest BCUT2D eigenvalue weighted by Crippen LogP contribution is 2.20. The van der Waals surface area contributed by atoms with Crippen molar-refractivity contribution in [3.8, 4) is 0 Å². The van der Waals surface area contributed by atoms with Crippen LogP contribution >= 0.6 is 0 Å². The SMILES string of the molecule is CCCCC(CCCC)CCOC(=O)CCCCCCCN(CCCN)CCCCCCCC(=O)OCCC(CCC)CCC. The van der Waals surface area contributed by atoms with Gasteiger partial charge < -0.3 is 20.1 Å². The molecule has 6 heteroatoms. The molecule has 0 saturated heterocycles. The van der Waals surface area contributed by atoms with Crippen LogP contribution in [0.15, 0.2) is 0 Å². The molecule has 45 heavy (non-hydrogen) atoms. The fourth-order valence-electron chi connectivity index (χ4n) is 6.41. The second kappa shape index (κ2) is 34.2. The van der Waals surface area contributed by atoms with E-state index in [1.54, 1.807) is 0 Å². The first-order valence-electron chi connectivity index (χ1n) is 19.7. The number of hydrogen-bond acceptors (Lipinski definition) is 6. The van der Waals surface area contributed by atoms with Gasteiger partial charge in [-0.1, -0.05) is 130 Å². The zero-order valence-electron chi connectivity index (χ0n) is 30.7. The van der Waals surface area contributed by atoms with Crippen LogP contribution in [0.1, 0.15) is 188 Å². The molecule has 0 bridgehead atoms. The fourth-order valence-corrected chi connectivity index (χ4v) is 6.41. The molecular formula is C39H78N2O4. The van der Waals surface area contributed by atoms with E-state index in [1.807, 2.05) is 0 Å². The maximum atomic E-state index is 12.2. The van der Waals surface area contributed by atoms with Crippen molar-refractivity contribution in [3.63, 3.8) is 0 Å². The Labute approximate surface area is 280 Å². The highest BCUT2D eigenvalue weighted by Gasteiger charge is 2.11. The molecule has 0 aliphatic heterocycles. The summed E-state index contributed by atoms with van der Waals surface area (Å²) in [6.45, 7) is 14.3. The molecule has 6 nitrogen and oxygen atoms in total. The van der Waals surface area contributed by atoms with Crippen LogP contribution < -0.4 is 5.73 Å². The fraction of sp³-hybridized carbons (Fsp3) is 0.949. The van der Waals surface area contributed by atoms with Gasteiger partial charge in [-0.25, -0.2) is 0 Å². The summed E-state index contributed by atoms with van der Waals surface area (Å²) in [4.78, 5) is 26.8. The predicted octanol–water partition coefficient (Wildman–Crippen LogP) is 10.4.